The van der Waals surface area contributed by atoms with E-state index in [9.17, 15) is 4.79 Å². The Kier molecular flexibility index (Phi) is 4.77. The highest BCUT2D eigenvalue weighted by Crippen LogP contribution is 2.28. The molecule has 0 aromatic carbocycles. The van der Waals surface area contributed by atoms with Crippen molar-refractivity contribution >= 4 is 17.5 Å². The number of anilines is 2. The lowest BCUT2D eigenvalue weighted by Gasteiger charge is -2.32. The Morgan fingerprint density at radius 2 is 2.17 bits per heavy atom. The summed E-state index contributed by atoms with van der Waals surface area (Å²) >= 11 is 0. The molecule has 23 heavy (non-hydrogen) atoms. The molecule has 0 spiro atoms. The first kappa shape index (κ1) is 15.4. The van der Waals surface area contributed by atoms with E-state index in [0.717, 1.165) is 31.7 Å². The standard InChI is InChI=1S/C16H20N6O/c17-14(23)11-22-7-1-2-13(10-22)12-3-4-19-15(8-12)21-16-9-18-5-6-20-16/h3-6,8-9,13H,1-2,7,10-11H2,(H2,17,23)(H,19,20,21)/t13-/m1/s1. The predicted molar refractivity (Wildman–Crippen MR) is 87.2 cm³/mol. The number of hydrogen-bond acceptors (Lipinski definition) is 6. The molecule has 2 aromatic heterocycles. The van der Waals surface area contributed by atoms with E-state index in [2.05, 4.69) is 25.2 Å². The molecule has 2 aromatic rings. The van der Waals surface area contributed by atoms with Crippen LogP contribution in [0.15, 0.2) is 36.9 Å². The highest BCUT2D eigenvalue weighted by atomic mass is 16.1. The van der Waals surface area contributed by atoms with Crippen molar-refractivity contribution in [3.8, 4) is 0 Å². The lowest BCUT2D eigenvalue weighted by Crippen LogP contribution is -2.40. The van der Waals surface area contributed by atoms with Gasteiger partial charge in [0, 0.05) is 25.1 Å². The second kappa shape index (κ2) is 7.15. The molecule has 1 atom stereocenters. The fraction of sp³-hybridized carbons (Fsp3) is 0.375. The monoisotopic (exact) mass is 312 g/mol. The molecule has 120 valence electrons. The fourth-order valence-electron chi connectivity index (χ4n) is 2.96. The Morgan fingerprint density at radius 1 is 1.30 bits per heavy atom. The maximum atomic E-state index is 11.1. The number of nitrogens with two attached hydrogens (primary N) is 1. The minimum Gasteiger partial charge on any atom is -0.369 e. The van der Waals surface area contributed by atoms with Crippen LogP contribution in [0.25, 0.3) is 0 Å². The van der Waals surface area contributed by atoms with E-state index in [0.29, 0.717) is 18.3 Å². The Balaban J connectivity index is 1.70. The molecule has 1 aliphatic rings. The quantitative estimate of drug-likeness (QED) is 0.863. The molecule has 1 saturated heterocycles. The molecule has 0 unspecified atom stereocenters. The zero-order valence-corrected chi connectivity index (χ0v) is 12.9. The van der Waals surface area contributed by atoms with Gasteiger partial charge in [-0.05, 0) is 43.0 Å². The smallest absolute Gasteiger partial charge is 0.231 e. The van der Waals surface area contributed by atoms with Gasteiger partial charge in [0.25, 0.3) is 0 Å². The Labute approximate surface area is 135 Å². The van der Waals surface area contributed by atoms with Crippen LogP contribution < -0.4 is 11.1 Å². The van der Waals surface area contributed by atoms with E-state index >= 15 is 0 Å². The van der Waals surface area contributed by atoms with Crippen LogP contribution in [0.3, 0.4) is 0 Å². The number of primary amides is 1. The third-order valence-corrected chi connectivity index (χ3v) is 3.96. The van der Waals surface area contributed by atoms with Crippen molar-refractivity contribution in [2.45, 2.75) is 18.8 Å². The van der Waals surface area contributed by atoms with Crippen molar-refractivity contribution in [1.29, 1.82) is 0 Å². The molecule has 0 saturated carbocycles. The summed E-state index contributed by atoms with van der Waals surface area (Å²) in [4.78, 5) is 25.8. The first-order valence-corrected chi connectivity index (χ1v) is 7.70. The number of piperidine rings is 1. The number of pyridine rings is 1. The first-order chi connectivity index (χ1) is 11.2. The minimum absolute atomic E-state index is 0.273. The number of aromatic nitrogens is 3. The van der Waals surface area contributed by atoms with Crippen LogP contribution in [-0.4, -0.2) is 45.4 Å². The number of nitrogens with zero attached hydrogens (tertiary/aromatic N) is 4. The van der Waals surface area contributed by atoms with Gasteiger partial charge in [0.2, 0.25) is 5.91 Å². The second-order valence-electron chi connectivity index (χ2n) is 5.73. The molecule has 0 bridgehead atoms. The van der Waals surface area contributed by atoms with Crippen LogP contribution >= 0.6 is 0 Å². The Hall–Kier alpha value is -2.54. The average Bonchev–Trinajstić information content (AvgIpc) is 2.56. The summed E-state index contributed by atoms with van der Waals surface area (Å²) in [5.74, 6) is 1.52. The molecule has 0 aliphatic carbocycles. The summed E-state index contributed by atoms with van der Waals surface area (Å²) in [5.41, 5.74) is 6.51. The molecule has 7 nitrogen and oxygen atoms in total. The predicted octanol–water partition coefficient (Wildman–Crippen LogP) is 1.28. The summed E-state index contributed by atoms with van der Waals surface area (Å²) in [7, 11) is 0. The van der Waals surface area contributed by atoms with Gasteiger partial charge in [-0.1, -0.05) is 0 Å². The van der Waals surface area contributed by atoms with Crippen molar-refractivity contribution in [2.75, 3.05) is 25.0 Å². The van der Waals surface area contributed by atoms with Gasteiger partial charge in [0.15, 0.2) is 0 Å². The molecule has 1 fully saturated rings. The molecule has 3 N–H and O–H groups in total. The van der Waals surface area contributed by atoms with E-state index in [-0.39, 0.29) is 5.91 Å². The summed E-state index contributed by atoms with van der Waals surface area (Å²) in [6.07, 6.45) is 8.88. The molecule has 1 amide bonds. The lowest BCUT2D eigenvalue weighted by molar-refractivity contribution is -0.119. The van der Waals surface area contributed by atoms with E-state index in [1.54, 1.807) is 24.8 Å². The number of amides is 1. The molecule has 3 heterocycles. The van der Waals surface area contributed by atoms with Crippen LogP contribution in [0.1, 0.15) is 24.3 Å². The van der Waals surface area contributed by atoms with E-state index in [1.165, 1.54) is 5.56 Å². The van der Waals surface area contributed by atoms with Gasteiger partial charge >= 0.3 is 0 Å². The zero-order valence-electron chi connectivity index (χ0n) is 12.9. The van der Waals surface area contributed by atoms with Crippen LogP contribution in [0.5, 0.6) is 0 Å². The Bertz CT molecular complexity index is 663. The zero-order chi connectivity index (χ0) is 16.1. The van der Waals surface area contributed by atoms with Gasteiger partial charge in [-0.25, -0.2) is 9.97 Å². The van der Waals surface area contributed by atoms with Gasteiger partial charge in [-0.2, -0.15) is 0 Å². The van der Waals surface area contributed by atoms with Crippen molar-refractivity contribution in [1.82, 2.24) is 19.9 Å². The number of likely N-dealkylation sites (tertiary alicyclic amines) is 1. The average molecular weight is 312 g/mol. The highest BCUT2D eigenvalue weighted by molar-refractivity contribution is 5.75. The largest absolute Gasteiger partial charge is 0.369 e. The number of carbonyl (C=O) groups is 1. The molecule has 1 aliphatic heterocycles. The second-order valence-corrected chi connectivity index (χ2v) is 5.73. The van der Waals surface area contributed by atoms with Crippen LogP contribution in [0.2, 0.25) is 0 Å². The van der Waals surface area contributed by atoms with Gasteiger partial charge in [0.05, 0.1) is 12.7 Å². The molecular formula is C16H20N6O. The number of carbonyl (C=O) groups excluding carboxylic acids is 1. The van der Waals surface area contributed by atoms with E-state index < -0.39 is 0 Å². The molecule has 7 heteroatoms. The van der Waals surface area contributed by atoms with Crippen molar-refractivity contribution in [3.05, 3.63) is 42.5 Å². The van der Waals surface area contributed by atoms with Crippen LogP contribution in [0, 0.1) is 0 Å². The molecular weight excluding hydrogens is 292 g/mol. The minimum atomic E-state index is -0.273. The highest BCUT2D eigenvalue weighted by Gasteiger charge is 2.22. The van der Waals surface area contributed by atoms with Gasteiger partial charge in [-0.3, -0.25) is 14.7 Å². The normalized spacial score (nSPS) is 18.5. The SMILES string of the molecule is NC(=O)CN1CCC[C@@H](c2ccnc(Nc3cnccn3)c2)C1. The van der Waals surface area contributed by atoms with Gasteiger partial charge < -0.3 is 11.1 Å². The Morgan fingerprint density at radius 3 is 2.96 bits per heavy atom. The summed E-state index contributed by atoms with van der Waals surface area (Å²) in [6.45, 7) is 2.10. The van der Waals surface area contributed by atoms with Crippen molar-refractivity contribution < 1.29 is 4.79 Å². The maximum Gasteiger partial charge on any atom is 0.231 e. The lowest BCUT2D eigenvalue weighted by atomic mass is 9.91. The first-order valence-electron chi connectivity index (χ1n) is 7.70. The van der Waals surface area contributed by atoms with Crippen LogP contribution in [-0.2, 0) is 4.79 Å². The third-order valence-electron chi connectivity index (χ3n) is 3.96. The van der Waals surface area contributed by atoms with Crippen LogP contribution in [0.4, 0.5) is 11.6 Å². The third kappa shape index (κ3) is 4.23. The summed E-state index contributed by atoms with van der Waals surface area (Å²) in [6, 6.07) is 4.06. The van der Waals surface area contributed by atoms with E-state index in [4.69, 9.17) is 5.73 Å². The number of nitrogens with one attached hydrogen (secondary N) is 1. The maximum absolute atomic E-state index is 11.1. The van der Waals surface area contributed by atoms with Gasteiger partial charge in [0.1, 0.15) is 11.6 Å². The van der Waals surface area contributed by atoms with Gasteiger partial charge in [-0.15, -0.1) is 0 Å². The molecule has 3 rings (SSSR count). The fourth-order valence-corrected chi connectivity index (χ4v) is 2.96. The number of hydrogen-bond donors (Lipinski definition) is 2. The van der Waals surface area contributed by atoms with Crippen molar-refractivity contribution in [3.63, 3.8) is 0 Å². The molecule has 0 radical (unpaired) electrons. The van der Waals surface area contributed by atoms with E-state index in [1.807, 2.05) is 12.1 Å². The van der Waals surface area contributed by atoms with Crippen molar-refractivity contribution in [2.24, 2.45) is 5.73 Å². The summed E-state index contributed by atoms with van der Waals surface area (Å²) < 4.78 is 0. The number of rotatable bonds is 5. The summed E-state index contributed by atoms with van der Waals surface area (Å²) in [5, 5.41) is 3.15. The topological polar surface area (TPSA) is 97.0 Å².